The lowest BCUT2D eigenvalue weighted by molar-refractivity contribution is 1.07. The Bertz CT molecular complexity index is 8410. The Hall–Kier alpha value is -17.5. The Morgan fingerprint density at radius 3 is 0.713 bits per heavy atom. The molecule has 7 heterocycles. The molecule has 7 aromatic heterocycles. The molecule has 26 aromatic rings. The van der Waals surface area contributed by atoms with E-state index < -0.39 is 0 Å². The van der Waals surface area contributed by atoms with Crippen LogP contribution < -0.4 is 0 Å². The summed E-state index contributed by atoms with van der Waals surface area (Å²) in [7, 11) is 0. The average Bonchev–Trinajstić information content (AvgIpc) is 1.60. The molecule has 11 heteroatoms. The van der Waals surface area contributed by atoms with Crippen LogP contribution in [0.15, 0.2) is 467 Å². The molecule has 0 fully saturated rings. The van der Waals surface area contributed by atoms with Crippen LogP contribution in [0, 0.1) is 0 Å². The second-order valence-corrected chi connectivity index (χ2v) is 32.5. The van der Waals surface area contributed by atoms with Crippen molar-refractivity contribution in [2.24, 2.45) is 0 Å². The van der Waals surface area contributed by atoms with Gasteiger partial charge in [0.05, 0.1) is 55.2 Å². The van der Waals surface area contributed by atoms with Gasteiger partial charge in [-0.2, -0.15) is 0 Å². The molecule has 604 valence electrons. The minimum absolute atomic E-state index is 0.613. The molecule has 0 radical (unpaired) electrons. The highest BCUT2D eigenvalue weighted by Gasteiger charge is 2.24. The molecule has 0 spiro atoms. The smallest absolute Gasteiger partial charge is 0.164 e. The van der Waals surface area contributed by atoms with Crippen molar-refractivity contribution < 1.29 is 0 Å². The molecule has 26 rings (SSSR count). The molecular weight excluding hydrogens is 1570 g/mol. The van der Waals surface area contributed by atoms with Gasteiger partial charge < -0.3 is 22.8 Å². The van der Waals surface area contributed by atoms with Crippen molar-refractivity contribution in [1.29, 1.82) is 0 Å². The number of hydrogen-bond donors (Lipinski definition) is 0. The highest BCUT2D eigenvalue weighted by molar-refractivity contribution is 6.15. The Morgan fingerprint density at radius 2 is 0.357 bits per heavy atom. The van der Waals surface area contributed by atoms with Crippen LogP contribution in [0.25, 0.3) is 228 Å². The van der Waals surface area contributed by atoms with E-state index in [4.69, 9.17) is 29.9 Å². The van der Waals surface area contributed by atoms with Crippen LogP contribution in [-0.4, -0.2) is 52.7 Å². The lowest BCUT2D eigenvalue weighted by Gasteiger charge is -2.16. The zero-order valence-corrected chi connectivity index (χ0v) is 69.9. The predicted octanol–water partition coefficient (Wildman–Crippen LogP) is 29.7. The molecule has 0 saturated heterocycles. The third-order valence-electron chi connectivity index (χ3n) is 24.9. The van der Waals surface area contributed by atoms with Crippen LogP contribution in [0.4, 0.5) is 0 Å². The summed E-state index contributed by atoms with van der Waals surface area (Å²) >= 11 is 0. The summed E-state index contributed by atoms with van der Waals surface area (Å²) in [6.45, 7) is 0. The molecule has 0 atom stereocenters. The monoisotopic (exact) mass is 1650 g/mol. The molecule has 0 aliphatic heterocycles. The van der Waals surface area contributed by atoms with E-state index in [-0.39, 0.29) is 0 Å². The quantitative estimate of drug-likeness (QED) is 0.121. The predicted molar refractivity (Wildman–Crippen MR) is 533 cm³/mol. The lowest BCUT2D eigenvalue weighted by Crippen LogP contribution is -2.03. The standard InChI is InChI=1S/C45H29N5.C40H26N2.C33H22N4/c1-3-15-30(16-4-1)43-46-44(31-17-5-2-6-18-31)48-45(47-43)32-27-33(49-39-23-11-7-19-35(39)36-20-8-12-24-40(36)49)29-34(28-32)50-41-25-13-9-21-37(41)38-22-10-14-26-42(38)50;1-2-12-31(13-3-1)41-37-16-8-6-14-33(37)35-25-29(19-22-39(35)41)30-20-23-40-36(26-30)34-15-7-9-17-38(34)42(40)32-21-18-27-10-4-5-11-28(27)24-32;1-3-12-23(13-4-1)31-34-32(24-14-5-2-6-15-24)36-33(35-31)25-16-11-17-26(22-25)37-29-20-9-7-18-27(29)28-19-8-10-21-30(28)37/h1-29H;1-26H;1-22H. The third-order valence-corrected chi connectivity index (χ3v) is 24.9. The normalized spacial score (nSPS) is 11.6. The molecule has 129 heavy (non-hydrogen) atoms. The second-order valence-electron chi connectivity index (χ2n) is 32.5. The zero-order chi connectivity index (χ0) is 85.2. The Labute approximate surface area is 742 Å². The summed E-state index contributed by atoms with van der Waals surface area (Å²) in [5, 5.41) is 14.9. The van der Waals surface area contributed by atoms with Crippen LogP contribution in [0.1, 0.15) is 0 Å². The number of hydrogen-bond acceptors (Lipinski definition) is 6. The van der Waals surface area contributed by atoms with E-state index in [1.165, 1.54) is 120 Å². The molecule has 11 nitrogen and oxygen atoms in total. The van der Waals surface area contributed by atoms with E-state index in [1.54, 1.807) is 0 Å². The van der Waals surface area contributed by atoms with Gasteiger partial charge in [-0.05, 0) is 149 Å². The number of aromatic nitrogens is 11. The number of rotatable bonds is 12. The Balaban J connectivity index is 0.000000109. The van der Waals surface area contributed by atoms with Gasteiger partial charge >= 0.3 is 0 Å². The molecule has 0 saturated carbocycles. The van der Waals surface area contributed by atoms with Gasteiger partial charge in [0.1, 0.15) is 0 Å². The minimum atomic E-state index is 0.613. The average molecular weight is 1650 g/mol. The van der Waals surface area contributed by atoms with Gasteiger partial charge in [0.25, 0.3) is 0 Å². The van der Waals surface area contributed by atoms with E-state index in [0.717, 1.165) is 72.5 Å². The van der Waals surface area contributed by atoms with Crippen molar-refractivity contribution in [1.82, 2.24) is 52.7 Å². The summed E-state index contributed by atoms with van der Waals surface area (Å²) in [6.07, 6.45) is 0. The summed E-state index contributed by atoms with van der Waals surface area (Å²) in [5.41, 5.74) is 25.4. The third kappa shape index (κ3) is 13.5. The molecular formula is C118H77N11. The maximum atomic E-state index is 5.15. The van der Waals surface area contributed by atoms with E-state index >= 15 is 0 Å². The highest BCUT2D eigenvalue weighted by Crippen LogP contribution is 2.43. The number of benzene rings is 19. The van der Waals surface area contributed by atoms with Gasteiger partial charge in [0, 0.05) is 116 Å². The fourth-order valence-electron chi connectivity index (χ4n) is 19.0. The topological polar surface area (TPSA) is 102 Å². The van der Waals surface area contributed by atoms with E-state index in [0.29, 0.717) is 34.9 Å². The molecule has 0 bridgehead atoms. The Morgan fingerprint density at radius 1 is 0.116 bits per heavy atom. The number of para-hydroxylation sites is 9. The van der Waals surface area contributed by atoms with Crippen LogP contribution in [-0.2, 0) is 0 Å². The van der Waals surface area contributed by atoms with Crippen LogP contribution >= 0.6 is 0 Å². The van der Waals surface area contributed by atoms with Crippen molar-refractivity contribution in [3.05, 3.63) is 467 Å². The maximum Gasteiger partial charge on any atom is 0.164 e. The van der Waals surface area contributed by atoms with Crippen LogP contribution in [0.2, 0.25) is 0 Å². The highest BCUT2D eigenvalue weighted by atomic mass is 15.1. The summed E-state index contributed by atoms with van der Waals surface area (Å²) in [5.74, 6) is 3.85. The first-order valence-electron chi connectivity index (χ1n) is 43.6. The molecule has 0 aliphatic carbocycles. The van der Waals surface area contributed by atoms with Crippen molar-refractivity contribution >= 4 is 120 Å². The number of nitrogens with zero attached hydrogens (tertiary/aromatic N) is 11. The first kappa shape index (κ1) is 75.2. The molecule has 0 aliphatic rings. The van der Waals surface area contributed by atoms with Crippen LogP contribution in [0.5, 0.6) is 0 Å². The zero-order valence-electron chi connectivity index (χ0n) is 69.9. The van der Waals surface area contributed by atoms with Gasteiger partial charge in [-0.25, -0.2) is 29.9 Å². The van der Waals surface area contributed by atoms with Crippen molar-refractivity contribution in [3.63, 3.8) is 0 Å². The van der Waals surface area contributed by atoms with Gasteiger partial charge in [-0.3, -0.25) is 0 Å². The summed E-state index contributed by atoms with van der Waals surface area (Å²) < 4.78 is 11.8. The van der Waals surface area contributed by atoms with Gasteiger partial charge in [0.15, 0.2) is 34.9 Å². The SMILES string of the molecule is c1ccc(-c2nc(-c3ccccc3)nc(-c3cc(-n4c5ccccc5c5ccccc54)cc(-n4c5ccccc5c5ccccc54)c3)n2)cc1.c1ccc(-c2nc(-c3ccccc3)nc(-c3cccc(-n4c5ccccc5c5ccccc54)c3)n2)cc1.c1ccc(-n2c3ccccc3c3cc(-c4ccc5c(c4)c4ccccc4n5-c4ccc5ccccc5c4)ccc32)cc1. The Kier molecular flexibility index (Phi) is 18.6. The van der Waals surface area contributed by atoms with Crippen LogP contribution in [0.3, 0.4) is 0 Å². The fourth-order valence-corrected chi connectivity index (χ4v) is 19.0. The van der Waals surface area contributed by atoms with E-state index in [9.17, 15) is 0 Å². The van der Waals surface area contributed by atoms with Gasteiger partial charge in [0.2, 0.25) is 0 Å². The van der Waals surface area contributed by atoms with Gasteiger partial charge in [-0.15, -0.1) is 0 Å². The second kappa shape index (κ2) is 32.0. The molecule has 0 N–H and O–H groups in total. The fraction of sp³-hybridized carbons (Fsp3) is 0. The minimum Gasteiger partial charge on any atom is -0.309 e. The largest absolute Gasteiger partial charge is 0.309 e. The molecule has 0 amide bonds. The summed E-state index contributed by atoms with van der Waals surface area (Å²) in [6, 6.07) is 164. The van der Waals surface area contributed by atoms with E-state index in [2.05, 4.69) is 369 Å². The first-order chi connectivity index (χ1) is 64.0. The number of fused-ring (bicyclic) bond motifs is 16. The van der Waals surface area contributed by atoms with Crippen molar-refractivity contribution in [2.75, 3.05) is 0 Å². The first-order valence-corrected chi connectivity index (χ1v) is 43.6. The lowest BCUT2D eigenvalue weighted by atomic mass is 10.0. The molecule has 19 aromatic carbocycles. The van der Waals surface area contributed by atoms with Crippen molar-refractivity contribution in [3.8, 4) is 108 Å². The summed E-state index contributed by atoms with van der Waals surface area (Å²) in [4.78, 5) is 29.9. The van der Waals surface area contributed by atoms with Gasteiger partial charge in [-0.1, -0.05) is 340 Å². The van der Waals surface area contributed by atoms with E-state index in [1.807, 2.05) is 121 Å². The molecule has 0 unspecified atom stereocenters. The maximum absolute atomic E-state index is 5.15. The van der Waals surface area contributed by atoms with Crippen molar-refractivity contribution in [2.45, 2.75) is 0 Å².